The van der Waals surface area contributed by atoms with Crippen LogP contribution < -0.4 is 21.4 Å². The molecule has 4 aromatic carbocycles. The number of methoxy groups -OCH3 is 4. The summed E-state index contributed by atoms with van der Waals surface area (Å²) in [6.45, 7) is 0. The van der Waals surface area contributed by atoms with Crippen molar-refractivity contribution < 1.29 is 38.1 Å². The third-order valence-corrected chi connectivity index (χ3v) is 11.3. The molecule has 5 heterocycles. The summed E-state index contributed by atoms with van der Waals surface area (Å²) in [5.41, 5.74) is 11.4. The van der Waals surface area contributed by atoms with Gasteiger partial charge >= 0.3 is 23.9 Å². The third-order valence-electron chi connectivity index (χ3n) is 11.3. The summed E-state index contributed by atoms with van der Waals surface area (Å²) < 4.78 is 20.0. The highest BCUT2D eigenvalue weighted by Crippen LogP contribution is 2.29. The van der Waals surface area contributed by atoms with Crippen LogP contribution in [0.1, 0.15) is 86.5 Å². The number of ether oxygens (including phenoxy) is 4. The minimum atomic E-state index is -0.442. The van der Waals surface area contributed by atoms with Crippen LogP contribution in [-0.4, -0.2) is 72.3 Å². The number of aromatic amines is 4. The molecule has 1 aliphatic heterocycles. The Bertz CT molecular complexity index is 2920. The van der Waals surface area contributed by atoms with Crippen molar-refractivity contribution in [3.8, 4) is 0 Å². The van der Waals surface area contributed by atoms with Crippen LogP contribution in [0.3, 0.4) is 0 Å². The van der Waals surface area contributed by atoms with Crippen molar-refractivity contribution in [2.75, 3.05) is 28.4 Å². The first-order chi connectivity index (χ1) is 31.2. The van der Waals surface area contributed by atoms with E-state index in [1.54, 1.807) is 48.5 Å². The first-order valence-electron chi connectivity index (χ1n) is 20.2. The molecule has 0 aliphatic carbocycles. The van der Waals surface area contributed by atoms with Crippen molar-refractivity contribution in [3.05, 3.63) is 234 Å². The van der Waals surface area contributed by atoms with E-state index in [2.05, 4.69) is 19.9 Å². The molecule has 1 aliphatic rings. The first kappa shape index (κ1) is 40.7. The maximum absolute atomic E-state index is 12.5. The number of nitrogens with one attached hydrogen (secondary N) is 4. The second-order valence-corrected chi connectivity index (χ2v) is 14.9. The molecule has 4 aromatic heterocycles. The van der Waals surface area contributed by atoms with E-state index in [0.717, 1.165) is 88.7 Å². The van der Waals surface area contributed by atoms with Gasteiger partial charge in [0.1, 0.15) is 0 Å². The second-order valence-electron chi connectivity index (χ2n) is 14.9. The molecule has 8 aromatic rings. The molecule has 0 spiro atoms. The molecule has 8 bridgehead atoms. The van der Waals surface area contributed by atoms with Crippen LogP contribution in [-0.2, 0) is 18.9 Å². The highest BCUT2D eigenvalue weighted by molar-refractivity contribution is 5.93. The van der Waals surface area contributed by atoms with Crippen molar-refractivity contribution in [3.63, 3.8) is 0 Å². The van der Waals surface area contributed by atoms with Crippen molar-refractivity contribution in [2.24, 2.45) is 0 Å². The van der Waals surface area contributed by atoms with Gasteiger partial charge in [-0.1, -0.05) is 48.5 Å². The molecule has 316 valence electrons. The summed E-state index contributed by atoms with van der Waals surface area (Å²) in [6.07, 6.45) is 0. The zero-order valence-electron chi connectivity index (χ0n) is 35.1. The van der Waals surface area contributed by atoms with Gasteiger partial charge in [-0.3, -0.25) is 0 Å². The Balaban J connectivity index is 1.37. The molecule has 12 heteroatoms. The van der Waals surface area contributed by atoms with E-state index in [4.69, 9.17) is 18.9 Å². The molecule has 0 radical (unpaired) electrons. The second kappa shape index (κ2) is 17.0. The van der Waals surface area contributed by atoms with E-state index in [1.807, 2.05) is 97.1 Å². The van der Waals surface area contributed by atoms with Crippen LogP contribution >= 0.6 is 0 Å². The molecule has 64 heavy (non-hydrogen) atoms. The van der Waals surface area contributed by atoms with Crippen LogP contribution in [0, 0.1) is 0 Å². The fraction of sp³-hybridized carbons (Fsp3) is 0.0769. The zero-order chi connectivity index (χ0) is 44.5. The average Bonchev–Trinajstić information content (AvgIpc) is 4.20. The quantitative estimate of drug-likeness (QED) is 0.116. The Morgan fingerprint density at radius 1 is 0.281 bits per heavy atom. The van der Waals surface area contributed by atoms with E-state index in [1.165, 1.54) is 28.4 Å². The lowest BCUT2D eigenvalue weighted by Gasteiger charge is -2.11. The smallest absolute Gasteiger partial charge is 0.337 e. The maximum atomic E-state index is 12.5. The van der Waals surface area contributed by atoms with Gasteiger partial charge in [-0.25, -0.2) is 19.2 Å². The Morgan fingerprint density at radius 3 is 0.672 bits per heavy atom. The molecular weight excluding hydrogens is 809 g/mol. The summed E-state index contributed by atoms with van der Waals surface area (Å²) in [5.74, 6) is -1.77. The summed E-state index contributed by atoms with van der Waals surface area (Å²) in [5, 5.41) is 3.11. The van der Waals surface area contributed by atoms with Crippen LogP contribution in [0.15, 0.2) is 146 Å². The normalized spacial score (nSPS) is 12.2. The first-order valence-corrected chi connectivity index (χ1v) is 20.2. The van der Waals surface area contributed by atoms with Crippen LogP contribution in [0.2, 0.25) is 0 Å². The molecule has 12 nitrogen and oxygen atoms in total. The number of esters is 4. The molecule has 4 N–H and O–H groups in total. The van der Waals surface area contributed by atoms with Gasteiger partial charge in [-0.05, 0) is 119 Å². The number of H-pyrrole nitrogens is 4. The van der Waals surface area contributed by atoms with E-state index >= 15 is 0 Å². The highest BCUT2D eigenvalue weighted by Gasteiger charge is 2.20. The number of carbonyl (C=O) groups excluding carboxylic acids is 4. The van der Waals surface area contributed by atoms with Gasteiger partial charge in [0.2, 0.25) is 0 Å². The van der Waals surface area contributed by atoms with Gasteiger partial charge in [-0.2, -0.15) is 0 Å². The molecule has 0 saturated heterocycles. The SMILES string of the molecule is COC(=O)c1ccc(C2=c3ccc([nH]3)=C(c3ccc(C(=O)OC)cc3)c3ccc([nH]3)C(c3ccc(C(=O)OC)cc3)=c3ccc([nH]3)=C(c3ccc(C(=O)OC)cc3)c3ccc2[nH]3)cc1. The summed E-state index contributed by atoms with van der Waals surface area (Å²) in [7, 11) is 5.41. The van der Waals surface area contributed by atoms with Crippen molar-refractivity contribution in [1.29, 1.82) is 0 Å². The predicted octanol–water partition coefficient (Wildman–Crippen LogP) is 5.45. The van der Waals surface area contributed by atoms with Gasteiger partial charge < -0.3 is 38.9 Å². The minimum Gasteiger partial charge on any atom is -0.465 e. The summed E-state index contributed by atoms with van der Waals surface area (Å²) >= 11 is 0. The van der Waals surface area contributed by atoms with Crippen molar-refractivity contribution in [2.45, 2.75) is 0 Å². The molecule has 0 amide bonds. The van der Waals surface area contributed by atoms with Crippen LogP contribution in [0.5, 0.6) is 0 Å². The van der Waals surface area contributed by atoms with Gasteiger partial charge in [-0.15, -0.1) is 0 Å². The maximum Gasteiger partial charge on any atom is 0.337 e. The fourth-order valence-electron chi connectivity index (χ4n) is 8.13. The summed E-state index contributed by atoms with van der Waals surface area (Å²) in [6, 6.07) is 45.1. The molecule has 0 atom stereocenters. The Hall–Kier alpha value is -8.64. The molecule has 0 saturated carbocycles. The van der Waals surface area contributed by atoms with E-state index in [9.17, 15) is 19.2 Å². The Kier molecular flexibility index (Phi) is 10.8. The minimum absolute atomic E-state index is 0.414. The fourth-order valence-corrected chi connectivity index (χ4v) is 8.13. The average molecular weight is 849 g/mol. The van der Waals surface area contributed by atoms with Gasteiger partial charge in [0.05, 0.1) is 50.7 Å². The number of hydrogen-bond acceptors (Lipinski definition) is 8. The molecule has 9 rings (SSSR count). The highest BCUT2D eigenvalue weighted by atomic mass is 16.5. The lowest BCUT2D eigenvalue weighted by atomic mass is 10.0. The van der Waals surface area contributed by atoms with E-state index in [-0.39, 0.29) is 0 Å². The number of fused-ring (bicyclic) bond motifs is 8. The van der Waals surface area contributed by atoms with Crippen molar-refractivity contribution in [1.82, 2.24) is 19.9 Å². The summed E-state index contributed by atoms with van der Waals surface area (Å²) in [4.78, 5) is 64.8. The van der Waals surface area contributed by atoms with Crippen LogP contribution in [0.4, 0.5) is 0 Å². The standard InChI is InChI=1S/C52H40N4O8/c1-61-49(57)33-13-5-29(6-14-33)45-37-21-23-39(53-37)46(30-7-15-34(16-8-30)50(58)62-2)41-25-27-43(55-41)48(32-11-19-36(20-12-32)52(60)64-4)44-28-26-42(56-44)47(40-24-22-38(45)54-40)31-9-17-35(18-10-31)51(59)63-3/h5-28,53-56H,1-4H3. The Morgan fingerprint density at radius 2 is 0.484 bits per heavy atom. The van der Waals surface area contributed by atoms with E-state index in [0.29, 0.717) is 22.3 Å². The monoisotopic (exact) mass is 848 g/mol. The van der Waals surface area contributed by atoms with Crippen molar-refractivity contribution >= 4 is 46.2 Å². The van der Waals surface area contributed by atoms with Crippen LogP contribution in [0.25, 0.3) is 22.3 Å². The van der Waals surface area contributed by atoms with E-state index < -0.39 is 23.9 Å². The van der Waals surface area contributed by atoms with Gasteiger partial charge in [0, 0.05) is 66.5 Å². The molecular formula is C52H40N4O8. The lowest BCUT2D eigenvalue weighted by molar-refractivity contribution is 0.0592. The predicted molar refractivity (Wildman–Crippen MR) is 239 cm³/mol. The topological polar surface area (TPSA) is 168 Å². The molecule has 0 fully saturated rings. The van der Waals surface area contributed by atoms with Gasteiger partial charge in [0.25, 0.3) is 0 Å². The number of hydrogen-bond donors (Lipinski definition) is 4. The number of benzene rings is 4. The third kappa shape index (κ3) is 7.53. The number of carbonyl (C=O) groups is 4. The lowest BCUT2D eigenvalue weighted by Crippen LogP contribution is -2.19. The largest absolute Gasteiger partial charge is 0.465 e. The Labute approximate surface area is 365 Å². The molecule has 0 unspecified atom stereocenters. The zero-order valence-corrected chi connectivity index (χ0v) is 35.1. The van der Waals surface area contributed by atoms with Gasteiger partial charge in [0.15, 0.2) is 0 Å². The number of aromatic nitrogens is 4. The number of rotatable bonds is 8.